The Morgan fingerprint density at radius 1 is 0.939 bits per heavy atom. The first-order valence-corrected chi connectivity index (χ1v) is 11.4. The highest BCUT2D eigenvalue weighted by Crippen LogP contribution is 2.15. The summed E-state index contributed by atoms with van der Waals surface area (Å²) in [6.45, 7) is 0.298. The van der Waals surface area contributed by atoms with Crippen LogP contribution in [0.4, 0.5) is 4.79 Å². The van der Waals surface area contributed by atoms with E-state index in [9.17, 15) is 29.1 Å². The van der Waals surface area contributed by atoms with Crippen LogP contribution in [0, 0.1) is 0 Å². The van der Waals surface area contributed by atoms with E-state index in [1.807, 2.05) is 23.7 Å². The molecule has 12 heteroatoms. The summed E-state index contributed by atoms with van der Waals surface area (Å²) in [5, 5.41) is 31.7. The van der Waals surface area contributed by atoms with Gasteiger partial charge in [0.2, 0.25) is 6.10 Å². The van der Waals surface area contributed by atoms with Crippen LogP contribution in [-0.2, 0) is 19.1 Å². The second kappa shape index (κ2) is 14.7. The lowest BCUT2D eigenvalue weighted by Crippen LogP contribution is -2.43. The smallest absolute Gasteiger partial charge is 0.408 e. The number of carbonyl (C=O) groups excluding carboxylic acids is 2. The maximum atomic E-state index is 12.1. The monoisotopic (exact) mass is 484 g/mol. The molecule has 1 aromatic rings. The molecule has 2 atom stereocenters. The molecule has 0 radical (unpaired) electrons. The van der Waals surface area contributed by atoms with Crippen LogP contribution in [-0.4, -0.2) is 70.2 Å². The van der Waals surface area contributed by atoms with Crippen LogP contribution < -0.4 is 10.6 Å². The zero-order valence-electron chi connectivity index (χ0n) is 18.1. The number of rotatable bonds is 15. The Labute approximate surface area is 194 Å². The van der Waals surface area contributed by atoms with Crippen LogP contribution in [0.3, 0.4) is 0 Å². The van der Waals surface area contributed by atoms with Crippen LogP contribution in [0.2, 0.25) is 0 Å². The van der Waals surface area contributed by atoms with Crippen LogP contribution in [0.1, 0.15) is 48.9 Å². The van der Waals surface area contributed by atoms with E-state index in [1.165, 1.54) is 0 Å². The van der Waals surface area contributed by atoms with Gasteiger partial charge in [0.05, 0.1) is 0 Å². The number of hydrogen-bond acceptors (Lipinski definition) is 7. The quantitative estimate of drug-likeness (QED) is 0.183. The summed E-state index contributed by atoms with van der Waals surface area (Å²) in [6.07, 6.45) is -0.431. The molecular formula is C21H28N2O9S. The summed E-state index contributed by atoms with van der Waals surface area (Å²) in [5.74, 6) is -4.13. The standard InChI is InChI=1S/C21H28N2O9S/c1-33-14-10-8-13(9-11-14)18(26)22-12-3-2-6-16(20(29)30)32-21(31)23-15(19(27)28)5-4-7-17(24)25/h8-11,15-16H,2-7,12H2,1H3,(H,22,26)(H,23,31)(H,24,25)(H,27,28)(H,29,30)/t15-,16-/m0/s1. The number of aliphatic carboxylic acids is 3. The summed E-state index contributed by atoms with van der Waals surface area (Å²) in [5.41, 5.74) is 0.507. The maximum absolute atomic E-state index is 12.1. The van der Waals surface area contributed by atoms with Crippen molar-refractivity contribution in [3.05, 3.63) is 29.8 Å². The zero-order chi connectivity index (χ0) is 24.8. The first-order valence-electron chi connectivity index (χ1n) is 10.2. The SMILES string of the molecule is CSc1ccc(C(=O)NCCCC[C@H](OC(=O)N[C@@H](CCCC(=O)O)C(=O)O)C(=O)O)cc1. The fraction of sp³-hybridized carbons (Fsp3) is 0.476. The molecule has 0 aromatic heterocycles. The number of thioether (sulfide) groups is 1. The molecule has 0 unspecified atom stereocenters. The number of benzene rings is 1. The zero-order valence-corrected chi connectivity index (χ0v) is 18.9. The number of nitrogens with one attached hydrogen (secondary N) is 2. The van der Waals surface area contributed by atoms with Crippen molar-refractivity contribution in [1.29, 1.82) is 0 Å². The normalized spacial score (nSPS) is 12.3. The number of carbonyl (C=O) groups is 5. The van der Waals surface area contributed by atoms with Crippen LogP contribution in [0.5, 0.6) is 0 Å². The predicted molar refractivity (Wildman–Crippen MR) is 118 cm³/mol. The first-order chi connectivity index (χ1) is 15.6. The molecule has 0 bridgehead atoms. The fourth-order valence-electron chi connectivity index (χ4n) is 2.75. The molecule has 0 aliphatic heterocycles. The van der Waals surface area contributed by atoms with Crippen molar-refractivity contribution in [3.8, 4) is 0 Å². The molecule has 0 heterocycles. The molecule has 11 nitrogen and oxygen atoms in total. The van der Waals surface area contributed by atoms with E-state index < -0.39 is 36.1 Å². The first kappa shape index (κ1) is 27.8. The summed E-state index contributed by atoms with van der Waals surface area (Å²) in [6, 6.07) is 5.69. The summed E-state index contributed by atoms with van der Waals surface area (Å²) in [4.78, 5) is 58.1. The number of amides is 2. The molecule has 1 aromatic carbocycles. The molecule has 0 fully saturated rings. The minimum Gasteiger partial charge on any atom is -0.481 e. The summed E-state index contributed by atoms with van der Waals surface area (Å²) < 4.78 is 4.82. The van der Waals surface area contributed by atoms with Gasteiger partial charge in [-0.05, 0) is 62.6 Å². The molecule has 5 N–H and O–H groups in total. The Hall–Kier alpha value is -3.28. The Kier molecular flexibility index (Phi) is 12.4. The second-order valence-corrected chi connectivity index (χ2v) is 7.91. The molecular weight excluding hydrogens is 456 g/mol. The van der Waals surface area contributed by atoms with E-state index in [2.05, 4.69) is 5.32 Å². The minimum absolute atomic E-state index is 0.0162. The number of carboxylic acid groups (broad SMARTS) is 3. The van der Waals surface area contributed by atoms with Gasteiger partial charge in [0, 0.05) is 23.4 Å². The van der Waals surface area contributed by atoms with E-state index in [1.54, 1.807) is 23.9 Å². The third-order valence-corrected chi connectivity index (χ3v) is 5.27. The van der Waals surface area contributed by atoms with Gasteiger partial charge in [-0.3, -0.25) is 9.59 Å². The highest BCUT2D eigenvalue weighted by atomic mass is 32.2. The van der Waals surface area contributed by atoms with Crippen molar-refractivity contribution in [3.63, 3.8) is 0 Å². The van der Waals surface area contributed by atoms with Gasteiger partial charge >= 0.3 is 24.0 Å². The Balaban J connectivity index is 2.40. The molecule has 0 aliphatic rings. The van der Waals surface area contributed by atoms with Crippen molar-refractivity contribution in [1.82, 2.24) is 10.6 Å². The van der Waals surface area contributed by atoms with Gasteiger partial charge in [0.25, 0.3) is 5.91 Å². The van der Waals surface area contributed by atoms with Gasteiger partial charge in [0.1, 0.15) is 6.04 Å². The average molecular weight is 485 g/mol. The van der Waals surface area contributed by atoms with Crippen LogP contribution in [0.25, 0.3) is 0 Å². The molecule has 0 spiro atoms. The highest BCUT2D eigenvalue weighted by molar-refractivity contribution is 7.98. The Bertz CT molecular complexity index is 830. The number of ether oxygens (including phenoxy) is 1. The number of unbranched alkanes of at least 4 members (excludes halogenated alkanes) is 1. The van der Waals surface area contributed by atoms with Gasteiger partial charge in [-0.1, -0.05) is 0 Å². The van der Waals surface area contributed by atoms with E-state index in [-0.39, 0.29) is 31.6 Å². The lowest BCUT2D eigenvalue weighted by Gasteiger charge is -2.17. The molecule has 2 amide bonds. The van der Waals surface area contributed by atoms with Crippen molar-refractivity contribution in [2.75, 3.05) is 12.8 Å². The summed E-state index contributed by atoms with van der Waals surface area (Å²) >= 11 is 1.56. The van der Waals surface area contributed by atoms with E-state index in [0.717, 1.165) is 4.90 Å². The third kappa shape index (κ3) is 11.2. The number of alkyl carbamates (subject to hydrolysis) is 1. The molecule has 1 rings (SSSR count). The highest BCUT2D eigenvalue weighted by Gasteiger charge is 2.26. The van der Waals surface area contributed by atoms with Gasteiger partial charge in [-0.2, -0.15) is 0 Å². The van der Waals surface area contributed by atoms with Crippen LogP contribution >= 0.6 is 11.8 Å². The minimum atomic E-state index is -1.49. The number of carboxylic acids is 3. The predicted octanol–water partition coefficient (Wildman–Crippen LogP) is 2.20. The van der Waals surface area contributed by atoms with Gasteiger partial charge in [-0.25, -0.2) is 14.4 Å². The molecule has 0 aliphatic carbocycles. The van der Waals surface area contributed by atoms with Crippen molar-refractivity contribution >= 4 is 41.7 Å². The lowest BCUT2D eigenvalue weighted by molar-refractivity contribution is -0.147. The third-order valence-electron chi connectivity index (χ3n) is 4.53. The van der Waals surface area contributed by atoms with Crippen molar-refractivity contribution < 1.29 is 44.0 Å². The largest absolute Gasteiger partial charge is 0.481 e. The van der Waals surface area contributed by atoms with E-state index in [0.29, 0.717) is 24.9 Å². The molecule has 33 heavy (non-hydrogen) atoms. The molecule has 0 saturated heterocycles. The Morgan fingerprint density at radius 2 is 1.61 bits per heavy atom. The van der Waals surface area contributed by atoms with Gasteiger partial charge < -0.3 is 30.7 Å². The summed E-state index contributed by atoms with van der Waals surface area (Å²) in [7, 11) is 0. The second-order valence-electron chi connectivity index (χ2n) is 7.03. The Morgan fingerprint density at radius 3 is 2.15 bits per heavy atom. The van der Waals surface area contributed by atoms with Crippen molar-refractivity contribution in [2.45, 2.75) is 55.6 Å². The number of hydrogen-bond donors (Lipinski definition) is 5. The average Bonchev–Trinajstić information content (AvgIpc) is 2.76. The van der Waals surface area contributed by atoms with Crippen LogP contribution in [0.15, 0.2) is 29.2 Å². The lowest BCUT2D eigenvalue weighted by atomic mass is 10.1. The van der Waals surface area contributed by atoms with E-state index in [4.69, 9.17) is 14.9 Å². The van der Waals surface area contributed by atoms with Gasteiger partial charge in [0.15, 0.2) is 0 Å². The fourth-order valence-corrected chi connectivity index (χ4v) is 3.16. The van der Waals surface area contributed by atoms with E-state index >= 15 is 0 Å². The molecule has 182 valence electrons. The maximum Gasteiger partial charge on any atom is 0.408 e. The van der Waals surface area contributed by atoms with Crippen molar-refractivity contribution in [2.24, 2.45) is 0 Å². The molecule has 0 saturated carbocycles. The van der Waals surface area contributed by atoms with Gasteiger partial charge in [-0.15, -0.1) is 11.8 Å². The topological polar surface area (TPSA) is 179 Å².